The zero-order valence-corrected chi connectivity index (χ0v) is 11.0. The fourth-order valence-electron chi connectivity index (χ4n) is 1.79. The second-order valence-corrected chi connectivity index (χ2v) is 4.87. The molecule has 2 aromatic heterocycles. The summed E-state index contributed by atoms with van der Waals surface area (Å²) in [7, 11) is 0. The highest BCUT2D eigenvalue weighted by Crippen LogP contribution is 2.17. The van der Waals surface area contributed by atoms with Gasteiger partial charge in [0.15, 0.2) is 0 Å². The van der Waals surface area contributed by atoms with Gasteiger partial charge in [-0.2, -0.15) is 0 Å². The van der Waals surface area contributed by atoms with Crippen LogP contribution < -0.4 is 5.63 Å². The molecule has 4 nitrogen and oxygen atoms in total. The molecule has 2 heterocycles. The van der Waals surface area contributed by atoms with Crippen molar-refractivity contribution in [1.29, 1.82) is 0 Å². The summed E-state index contributed by atoms with van der Waals surface area (Å²) < 4.78 is 5.28. The van der Waals surface area contributed by atoms with Crippen molar-refractivity contribution in [1.82, 2.24) is 4.98 Å². The van der Waals surface area contributed by atoms with Crippen LogP contribution in [0.2, 0.25) is 0 Å². The number of fused-ring (bicyclic) bond motifs is 1. The maximum absolute atomic E-state index is 11.9. The molecule has 0 aliphatic heterocycles. The lowest BCUT2D eigenvalue weighted by atomic mass is 10.1. The van der Waals surface area contributed by atoms with Crippen LogP contribution in [0.4, 0.5) is 5.13 Å². The summed E-state index contributed by atoms with van der Waals surface area (Å²) in [5, 5.41) is 3.35. The fraction of sp³-hybridized carbons (Fsp3) is 0.0714. The average molecular weight is 270 g/mol. The Balaban J connectivity index is 2.15. The summed E-state index contributed by atoms with van der Waals surface area (Å²) in [5.74, 6) is 0. The lowest BCUT2D eigenvalue weighted by molar-refractivity contribution is 0.559. The molecule has 94 valence electrons. The molecule has 3 rings (SSSR count). The van der Waals surface area contributed by atoms with E-state index in [0.717, 1.165) is 5.39 Å². The van der Waals surface area contributed by atoms with E-state index in [4.69, 9.17) is 4.42 Å². The third kappa shape index (κ3) is 2.32. The summed E-state index contributed by atoms with van der Waals surface area (Å²) in [6.07, 6.45) is 1.68. The van der Waals surface area contributed by atoms with Crippen LogP contribution in [0.3, 0.4) is 0 Å². The third-order valence-corrected chi connectivity index (χ3v) is 3.38. The van der Waals surface area contributed by atoms with Crippen molar-refractivity contribution in [3.8, 4) is 0 Å². The van der Waals surface area contributed by atoms with Gasteiger partial charge in [0.25, 0.3) is 0 Å². The summed E-state index contributed by atoms with van der Waals surface area (Å²) >= 11 is 1.42. The molecule has 5 heteroatoms. The summed E-state index contributed by atoms with van der Waals surface area (Å²) in [6.45, 7) is 1.78. The molecule has 1 aromatic carbocycles. The largest absolute Gasteiger partial charge is 0.422 e. The first kappa shape index (κ1) is 11.8. The molecule has 0 aliphatic rings. The van der Waals surface area contributed by atoms with Crippen molar-refractivity contribution in [3.63, 3.8) is 0 Å². The fourth-order valence-corrected chi connectivity index (χ4v) is 2.34. The lowest BCUT2D eigenvalue weighted by Gasteiger charge is -2.01. The van der Waals surface area contributed by atoms with E-state index >= 15 is 0 Å². The summed E-state index contributed by atoms with van der Waals surface area (Å²) in [5.41, 5.74) is 1.28. The predicted molar refractivity (Wildman–Crippen MR) is 76.5 cm³/mol. The molecule has 0 unspecified atom stereocenters. The Morgan fingerprint density at radius 2 is 2.21 bits per heavy atom. The van der Waals surface area contributed by atoms with Gasteiger partial charge in [0.05, 0.1) is 11.3 Å². The van der Waals surface area contributed by atoms with Gasteiger partial charge >= 0.3 is 5.63 Å². The standard InChI is InChI=1S/C14H10N2O2S/c1-9(16-14-15-6-7-19-14)11-8-10-4-2-3-5-12(10)18-13(11)17/h2-8H,1H3. The van der Waals surface area contributed by atoms with Crippen molar-refractivity contribution < 1.29 is 4.42 Å². The van der Waals surface area contributed by atoms with Crippen LogP contribution in [0.1, 0.15) is 12.5 Å². The number of rotatable bonds is 2. The number of nitrogens with zero attached hydrogens (tertiary/aromatic N) is 2. The normalized spacial score (nSPS) is 11.9. The maximum Gasteiger partial charge on any atom is 0.345 e. The number of aliphatic imine (C=N–C) groups is 1. The molecule has 0 bridgehead atoms. The van der Waals surface area contributed by atoms with Gasteiger partial charge in [-0.05, 0) is 19.1 Å². The number of hydrogen-bond donors (Lipinski definition) is 0. The monoisotopic (exact) mass is 270 g/mol. The van der Waals surface area contributed by atoms with E-state index in [1.807, 2.05) is 23.6 Å². The molecule has 0 amide bonds. The summed E-state index contributed by atoms with van der Waals surface area (Å²) in [6, 6.07) is 9.21. The minimum atomic E-state index is -0.378. The van der Waals surface area contributed by atoms with E-state index < -0.39 is 0 Å². The number of hydrogen-bond acceptors (Lipinski definition) is 5. The topological polar surface area (TPSA) is 55.5 Å². The Kier molecular flexibility index (Phi) is 2.97. The van der Waals surface area contributed by atoms with Gasteiger partial charge in [-0.1, -0.05) is 18.2 Å². The molecule has 0 fully saturated rings. The number of para-hydroxylation sites is 1. The predicted octanol–water partition coefficient (Wildman–Crippen LogP) is 3.39. The first-order valence-corrected chi connectivity index (χ1v) is 6.60. The molecule has 0 saturated heterocycles. The first-order chi connectivity index (χ1) is 9.24. The van der Waals surface area contributed by atoms with Gasteiger partial charge in [0.1, 0.15) is 5.58 Å². The van der Waals surface area contributed by atoms with Crippen LogP contribution in [0.5, 0.6) is 0 Å². The molecule has 0 spiro atoms. The van der Waals surface area contributed by atoms with Crippen LogP contribution >= 0.6 is 11.3 Å². The quantitative estimate of drug-likeness (QED) is 0.530. The van der Waals surface area contributed by atoms with Crippen molar-refractivity contribution in [2.75, 3.05) is 0 Å². The van der Waals surface area contributed by atoms with Gasteiger partial charge in [0.2, 0.25) is 5.13 Å². The minimum Gasteiger partial charge on any atom is -0.422 e. The number of thiazole rings is 1. The smallest absolute Gasteiger partial charge is 0.345 e. The molecule has 0 saturated carbocycles. The lowest BCUT2D eigenvalue weighted by Crippen LogP contribution is -2.11. The zero-order valence-electron chi connectivity index (χ0n) is 10.2. The Morgan fingerprint density at radius 1 is 1.37 bits per heavy atom. The molecule has 0 atom stereocenters. The van der Waals surface area contributed by atoms with E-state index in [-0.39, 0.29) is 5.63 Å². The molecule has 3 aromatic rings. The van der Waals surface area contributed by atoms with Gasteiger partial charge in [-0.15, -0.1) is 11.3 Å². The maximum atomic E-state index is 11.9. The molecule has 0 aliphatic carbocycles. The van der Waals surface area contributed by atoms with Crippen molar-refractivity contribution in [2.45, 2.75) is 6.92 Å². The Labute approximate surface area is 113 Å². The molecular formula is C14H10N2O2S. The Hall–Kier alpha value is -2.27. The highest BCUT2D eigenvalue weighted by molar-refractivity contribution is 7.13. The van der Waals surface area contributed by atoms with E-state index in [1.54, 1.807) is 25.3 Å². The van der Waals surface area contributed by atoms with Crippen LogP contribution in [0.15, 0.2) is 56.1 Å². The zero-order chi connectivity index (χ0) is 13.2. The van der Waals surface area contributed by atoms with Crippen LogP contribution in [0.25, 0.3) is 11.0 Å². The highest BCUT2D eigenvalue weighted by atomic mass is 32.1. The van der Waals surface area contributed by atoms with E-state index in [2.05, 4.69) is 9.98 Å². The average Bonchev–Trinajstić information content (AvgIpc) is 2.90. The number of benzene rings is 1. The van der Waals surface area contributed by atoms with Gasteiger partial charge in [-0.3, -0.25) is 0 Å². The van der Waals surface area contributed by atoms with E-state index in [0.29, 0.717) is 22.0 Å². The molecule has 0 radical (unpaired) electrons. The Morgan fingerprint density at radius 3 is 3.00 bits per heavy atom. The Bertz CT molecular complexity index is 804. The van der Waals surface area contributed by atoms with Gasteiger partial charge in [-0.25, -0.2) is 14.8 Å². The van der Waals surface area contributed by atoms with Crippen molar-refractivity contribution in [2.24, 2.45) is 4.99 Å². The van der Waals surface area contributed by atoms with E-state index in [1.165, 1.54) is 11.3 Å². The first-order valence-electron chi connectivity index (χ1n) is 5.72. The van der Waals surface area contributed by atoms with Crippen molar-refractivity contribution >= 4 is 33.1 Å². The molecule has 19 heavy (non-hydrogen) atoms. The summed E-state index contributed by atoms with van der Waals surface area (Å²) in [4.78, 5) is 20.3. The second kappa shape index (κ2) is 4.78. The number of aromatic nitrogens is 1. The van der Waals surface area contributed by atoms with Gasteiger partial charge < -0.3 is 4.42 Å². The van der Waals surface area contributed by atoms with E-state index in [9.17, 15) is 4.79 Å². The van der Waals surface area contributed by atoms with Crippen molar-refractivity contribution in [3.05, 3.63) is 57.9 Å². The van der Waals surface area contributed by atoms with Crippen LogP contribution in [-0.2, 0) is 0 Å². The molecule has 0 N–H and O–H groups in total. The van der Waals surface area contributed by atoms with Crippen LogP contribution in [0, 0.1) is 0 Å². The highest BCUT2D eigenvalue weighted by Gasteiger charge is 2.08. The molecular weight excluding hydrogens is 260 g/mol. The third-order valence-electron chi connectivity index (χ3n) is 2.71. The van der Waals surface area contributed by atoms with Crippen LogP contribution in [-0.4, -0.2) is 10.7 Å². The van der Waals surface area contributed by atoms with Gasteiger partial charge in [0, 0.05) is 17.0 Å². The second-order valence-electron chi connectivity index (χ2n) is 4.00. The minimum absolute atomic E-state index is 0.378. The SMILES string of the molecule is CC(=Nc1nccs1)c1cc2ccccc2oc1=O.